The van der Waals surface area contributed by atoms with Gasteiger partial charge in [0, 0.05) is 6.04 Å². The van der Waals surface area contributed by atoms with Crippen LogP contribution >= 0.6 is 11.3 Å². The van der Waals surface area contributed by atoms with Gasteiger partial charge in [0.2, 0.25) is 5.91 Å². The van der Waals surface area contributed by atoms with E-state index < -0.39 is 0 Å². The lowest BCUT2D eigenvalue weighted by molar-refractivity contribution is -0.122. The van der Waals surface area contributed by atoms with Gasteiger partial charge in [0.05, 0.1) is 11.8 Å². The fourth-order valence-electron chi connectivity index (χ4n) is 1.91. The van der Waals surface area contributed by atoms with Gasteiger partial charge in [0.15, 0.2) is 0 Å². The average Bonchev–Trinajstić information content (AvgIpc) is 2.88. The first-order chi connectivity index (χ1) is 9.15. The average molecular weight is 279 g/mol. The Morgan fingerprint density at radius 2 is 2.21 bits per heavy atom. The molecule has 2 rings (SSSR count). The largest absolute Gasteiger partial charge is 0.352 e. The third-order valence-electron chi connectivity index (χ3n) is 3.10. The minimum Gasteiger partial charge on any atom is -0.352 e. The first-order valence-corrected chi connectivity index (χ1v) is 7.25. The summed E-state index contributed by atoms with van der Waals surface area (Å²) in [6, 6.07) is 1.97. The van der Waals surface area contributed by atoms with Crippen molar-refractivity contribution in [1.82, 2.24) is 14.9 Å². The van der Waals surface area contributed by atoms with Gasteiger partial charge < -0.3 is 5.32 Å². The molecule has 0 aliphatic carbocycles. The van der Waals surface area contributed by atoms with Gasteiger partial charge in [0.1, 0.15) is 11.2 Å². The minimum absolute atomic E-state index is 0.0240. The molecule has 6 heteroatoms. The summed E-state index contributed by atoms with van der Waals surface area (Å²) in [7, 11) is 0. The molecule has 0 atom stereocenters. The Morgan fingerprint density at radius 1 is 1.47 bits per heavy atom. The van der Waals surface area contributed by atoms with Gasteiger partial charge in [0.25, 0.3) is 5.56 Å². The summed E-state index contributed by atoms with van der Waals surface area (Å²) in [6.45, 7) is 4.08. The third kappa shape index (κ3) is 3.01. The van der Waals surface area contributed by atoms with E-state index in [2.05, 4.69) is 10.3 Å². The molecule has 1 amide bonds. The molecule has 0 radical (unpaired) electrons. The van der Waals surface area contributed by atoms with E-state index in [4.69, 9.17) is 0 Å². The highest BCUT2D eigenvalue weighted by atomic mass is 32.1. The number of nitrogens with one attached hydrogen (secondary N) is 1. The van der Waals surface area contributed by atoms with Crippen LogP contribution in [0.3, 0.4) is 0 Å². The van der Waals surface area contributed by atoms with Gasteiger partial charge in [-0.1, -0.05) is 13.8 Å². The van der Waals surface area contributed by atoms with Crippen LogP contribution in [-0.2, 0) is 11.3 Å². The van der Waals surface area contributed by atoms with Gasteiger partial charge in [-0.15, -0.1) is 11.3 Å². The van der Waals surface area contributed by atoms with Crippen molar-refractivity contribution >= 4 is 27.5 Å². The lowest BCUT2D eigenvalue weighted by atomic mass is 10.2. The zero-order valence-corrected chi connectivity index (χ0v) is 11.9. The summed E-state index contributed by atoms with van der Waals surface area (Å²) in [5.41, 5.74) is 0.534. The monoisotopic (exact) mass is 279 g/mol. The molecule has 19 heavy (non-hydrogen) atoms. The van der Waals surface area contributed by atoms with Crippen LogP contribution in [-0.4, -0.2) is 21.5 Å². The number of aromatic nitrogens is 2. The van der Waals surface area contributed by atoms with Crippen molar-refractivity contribution in [3.63, 3.8) is 0 Å². The fourth-order valence-corrected chi connectivity index (χ4v) is 2.71. The summed E-state index contributed by atoms with van der Waals surface area (Å²) in [5, 5.41) is 4.74. The predicted molar refractivity (Wildman–Crippen MR) is 76.4 cm³/mol. The summed E-state index contributed by atoms with van der Waals surface area (Å²) in [6.07, 6.45) is 3.21. The minimum atomic E-state index is -0.153. The Bertz CT molecular complexity index is 628. The molecular weight excluding hydrogens is 262 g/mol. The van der Waals surface area contributed by atoms with Crippen LogP contribution in [0.2, 0.25) is 0 Å². The van der Waals surface area contributed by atoms with E-state index in [-0.39, 0.29) is 24.1 Å². The number of carbonyl (C=O) groups is 1. The summed E-state index contributed by atoms with van der Waals surface area (Å²) in [5.74, 6) is -0.145. The second-order valence-electron chi connectivity index (χ2n) is 4.39. The van der Waals surface area contributed by atoms with Crippen molar-refractivity contribution in [1.29, 1.82) is 0 Å². The van der Waals surface area contributed by atoms with Gasteiger partial charge in [-0.3, -0.25) is 14.2 Å². The highest BCUT2D eigenvalue weighted by molar-refractivity contribution is 7.17. The summed E-state index contributed by atoms with van der Waals surface area (Å²) >= 11 is 1.35. The molecule has 0 fully saturated rings. The predicted octanol–water partition coefficient (Wildman–Crippen LogP) is 1.76. The van der Waals surface area contributed by atoms with E-state index in [0.717, 1.165) is 12.8 Å². The molecule has 2 aromatic rings. The molecule has 5 nitrogen and oxygen atoms in total. The number of hydrogen-bond acceptors (Lipinski definition) is 4. The Labute approximate surface area is 115 Å². The van der Waals surface area contributed by atoms with Crippen molar-refractivity contribution in [2.75, 3.05) is 0 Å². The maximum Gasteiger partial charge on any atom is 0.271 e. The maximum atomic E-state index is 12.1. The first kappa shape index (κ1) is 13.7. The second-order valence-corrected chi connectivity index (χ2v) is 5.31. The van der Waals surface area contributed by atoms with Crippen LogP contribution in [0.4, 0.5) is 0 Å². The van der Waals surface area contributed by atoms with Crippen molar-refractivity contribution in [3.05, 3.63) is 28.1 Å². The molecule has 0 saturated carbocycles. The number of nitrogens with zero attached hydrogens (tertiary/aromatic N) is 2. The summed E-state index contributed by atoms with van der Waals surface area (Å²) < 4.78 is 1.95. The SMILES string of the molecule is CCC(CC)NC(=O)Cn1cnc2ccsc2c1=O. The number of carbonyl (C=O) groups excluding carboxylic acids is 1. The van der Waals surface area contributed by atoms with Crippen LogP contribution in [0.15, 0.2) is 22.6 Å². The zero-order chi connectivity index (χ0) is 13.8. The van der Waals surface area contributed by atoms with E-state index in [1.807, 2.05) is 19.2 Å². The normalized spacial score (nSPS) is 11.1. The molecule has 0 aliphatic rings. The van der Waals surface area contributed by atoms with E-state index in [1.54, 1.807) is 6.07 Å². The van der Waals surface area contributed by atoms with Crippen molar-refractivity contribution in [3.8, 4) is 0 Å². The number of rotatable bonds is 5. The van der Waals surface area contributed by atoms with E-state index in [1.165, 1.54) is 22.2 Å². The Kier molecular flexibility index (Phi) is 4.31. The lowest BCUT2D eigenvalue weighted by Gasteiger charge is -2.15. The van der Waals surface area contributed by atoms with Crippen molar-refractivity contribution in [2.45, 2.75) is 39.3 Å². The lowest BCUT2D eigenvalue weighted by Crippen LogP contribution is -2.38. The third-order valence-corrected chi connectivity index (χ3v) is 3.99. The molecule has 0 unspecified atom stereocenters. The quantitative estimate of drug-likeness (QED) is 0.907. The maximum absolute atomic E-state index is 12.1. The Hall–Kier alpha value is -1.69. The Morgan fingerprint density at radius 3 is 2.89 bits per heavy atom. The van der Waals surface area contributed by atoms with Gasteiger partial charge in [-0.2, -0.15) is 0 Å². The fraction of sp³-hybridized carbons (Fsp3) is 0.462. The van der Waals surface area contributed by atoms with Gasteiger partial charge in [-0.05, 0) is 24.3 Å². The summed E-state index contributed by atoms with van der Waals surface area (Å²) in [4.78, 5) is 28.1. The molecular formula is C13H17N3O2S. The van der Waals surface area contributed by atoms with Gasteiger partial charge >= 0.3 is 0 Å². The second kappa shape index (κ2) is 5.97. The molecule has 2 heterocycles. The van der Waals surface area contributed by atoms with Crippen LogP contribution in [0.5, 0.6) is 0 Å². The highest BCUT2D eigenvalue weighted by Gasteiger charge is 2.11. The molecule has 0 spiro atoms. The van der Waals surface area contributed by atoms with Crippen LogP contribution in [0.25, 0.3) is 10.2 Å². The smallest absolute Gasteiger partial charge is 0.271 e. The van der Waals surface area contributed by atoms with Crippen LogP contribution < -0.4 is 10.9 Å². The highest BCUT2D eigenvalue weighted by Crippen LogP contribution is 2.12. The topological polar surface area (TPSA) is 64.0 Å². The first-order valence-electron chi connectivity index (χ1n) is 6.37. The number of amides is 1. The molecule has 1 N–H and O–H groups in total. The van der Waals surface area contributed by atoms with E-state index >= 15 is 0 Å². The molecule has 0 bridgehead atoms. The van der Waals surface area contributed by atoms with Crippen molar-refractivity contribution in [2.24, 2.45) is 0 Å². The number of fused-ring (bicyclic) bond motifs is 1. The van der Waals surface area contributed by atoms with Crippen molar-refractivity contribution < 1.29 is 4.79 Å². The number of hydrogen-bond donors (Lipinski definition) is 1. The molecule has 102 valence electrons. The van der Waals surface area contributed by atoms with Crippen LogP contribution in [0.1, 0.15) is 26.7 Å². The van der Waals surface area contributed by atoms with E-state index in [9.17, 15) is 9.59 Å². The van der Waals surface area contributed by atoms with Gasteiger partial charge in [-0.25, -0.2) is 4.98 Å². The standard InChI is InChI=1S/C13H17N3O2S/c1-3-9(4-2)15-11(17)7-16-8-14-10-5-6-19-12(10)13(16)18/h5-6,8-9H,3-4,7H2,1-2H3,(H,15,17). The molecule has 0 aliphatic heterocycles. The van der Waals surface area contributed by atoms with Crippen LogP contribution in [0, 0.1) is 0 Å². The number of thiophene rings is 1. The Balaban J connectivity index is 2.15. The molecule has 2 aromatic heterocycles. The molecule has 0 saturated heterocycles. The van der Waals surface area contributed by atoms with E-state index in [0.29, 0.717) is 10.2 Å². The molecule has 0 aromatic carbocycles. The zero-order valence-electron chi connectivity index (χ0n) is 11.0.